The second-order valence-electron chi connectivity index (χ2n) is 5.68. The minimum absolute atomic E-state index is 0.0985. The third kappa shape index (κ3) is 2.39. The molecule has 0 atom stereocenters. The molecule has 0 amide bonds. The third-order valence-corrected chi connectivity index (χ3v) is 4.16. The fraction of sp³-hybridized carbons (Fsp3) is 0.111. The molecular formula is C18H15N4O4+. The molecule has 26 heavy (non-hydrogen) atoms. The van der Waals surface area contributed by atoms with Crippen LogP contribution in [0.15, 0.2) is 58.1 Å². The summed E-state index contributed by atoms with van der Waals surface area (Å²) >= 11 is 0. The lowest BCUT2D eigenvalue weighted by Crippen LogP contribution is -2.42. The van der Waals surface area contributed by atoms with Crippen LogP contribution < -0.4 is 15.9 Å². The van der Waals surface area contributed by atoms with Crippen LogP contribution in [0, 0.1) is 0 Å². The first-order chi connectivity index (χ1) is 12.6. The van der Waals surface area contributed by atoms with Gasteiger partial charge in [0.15, 0.2) is 0 Å². The van der Waals surface area contributed by atoms with E-state index in [9.17, 15) is 9.59 Å². The number of ether oxygens (including phenoxy) is 1. The van der Waals surface area contributed by atoms with Crippen LogP contribution in [0.1, 0.15) is 16.1 Å². The van der Waals surface area contributed by atoms with Gasteiger partial charge in [0.05, 0.1) is 13.4 Å². The number of rotatable bonds is 3. The molecule has 0 radical (unpaired) electrons. The molecule has 0 unspecified atom stereocenters. The second-order valence-corrected chi connectivity index (χ2v) is 5.68. The van der Waals surface area contributed by atoms with E-state index in [1.807, 2.05) is 0 Å². The summed E-state index contributed by atoms with van der Waals surface area (Å²) in [6, 6.07) is 10.2. The van der Waals surface area contributed by atoms with E-state index >= 15 is 0 Å². The predicted octanol–water partition coefficient (Wildman–Crippen LogP) is 1.15. The number of aromatic nitrogens is 3. The number of furan rings is 1. The van der Waals surface area contributed by atoms with Crippen LogP contribution in [-0.2, 0) is 11.3 Å². The van der Waals surface area contributed by atoms with Gasteiger partial charge < -0.3 is 14.9 Å². The molecule has 0 saturated heterocycles. The average molecular weight is 351 g/mol. The third-order valence-electron chi connectivity index (χ3n) is 4.16. The van der Waals surface area contributed by atoms with E-state index in [1.165, 1.54) is 23.8 Å². The molecule has 4 aromatic rings. The monoisotopic (exact) mass is 351 g/mol. The van der Waals surface area contributed by atoms with Crippen molar-refractivity contribution in [1.29, 1.82) is 0 Å². The number of nitrogens with two attached hydrogens (primary N) is 1. The molecule has 0 aliphatic rings. The first kappa shape index (κ1) is 15.8. The number of nitrogen functional groups attached to an aromatic ring is 1. The summed E-state index contributed by atoms with van der Waals surface area (Å²) in [5.41, 5.74) is 6.84. The Morgan fingerprint density at radius 1 is 1.35 bits per heavy atom. The van der Waals surface area contributed by atoms with Crippen LogP contribution >= 0.6 is 0 Å². The predicted molar refractivity (Wildman–Crippen MR) is 92.7 cm³/mol. The lowest BCUT2D eigenvalue weighted by atomic mass is 10.2. The Balaban J connectivity index is 2.12. The van der Waals surface area contributed by atoms with Gasteiger partial charge >= 0.3 is 5.97 Å². The van der Waals surface area contributed by atoms with Gasteiger partial charge in [-0.15, -0.1) is 0 Å². The van der Waals surface area contributed by atoms with E-state index in [4.69, 9.17) is 14.9 Å². The molecule has 4 rings (SSSR count). The number of pyridine rings is 2. The van der Waals surface area contributed by atoms with E-state index in [2.05, 4.69) is 4.98 Å². The van der Waals surface area contributed by atoms with Gasteiger partial charge in [-0.2, -0.15) is 0 Å². The van der Waals surface area contributed by atoms with Crippen LogP contribution in [0.5, 0.6) is 0 Å². The van der Waals surface area contributed by atoms with E-state index in [1.54, 1.807) is 41.1 Å². The van der Waals surface area contributed by atoms with Gasteiger partial charge in [0, 0.05) is 6.20 Å². The Hall–Kier alpha value is -3.68. The smallest absolute Gasteiger partial charge is 0.344 e. The summed E-state index contributed by atoms with van der Waals surface area (Å²) in [7, 11) is 1.26. The van der Waals surface area contributed by atoms with Crippen LogP contribution in [0.3, 0.4) is 0 Å². The average Bonchev–Trinajstić information content (AvgIpc) is 3.17. The molecule has 130 valence electrons. The first-order valence-electron chi connectivity index (χ1n) is 7.84. The first-order valence-corrected chi connectivity index (χ1v) is 7.84. The van der Waals surface area contributed by atoms with E-state index in [-0.39, 0.29) is 28.9 Å². The summed E-state index contributed by atoms with van der Waals surface area (Å²) < 4.78 is 13.2. The van der Waals surface area contributed by atoms with Crippen molar-refractivity contribution < 1.29 is 18.5 Å². The number of hydrogen-bond acceptors (Lipinski definition) is 6. The zero-order valence-corrected chi connectivity index (χ0v) is 13.9. The molecule has 0 aliphatic heterocycles. The Morgan fingerprint density at radius 3 is 2.92 bits per heavy atom. The fourth-order valence-electron chi connectivity index (χ4n) is 2.89. The summed E-state index contributed by atoms with van der Waals surface area (Å²) in [5, 5.41) is 0.259. The van der Waals surface area contributed by atoms with Gasteiger partial charge in [0.1, 0.15) is 23.3 Å². The number of anilines is 1. The maximum Gasteiger partial charge on any atom is 0.344 e. The summed E-state index contributed by atoms with van der Waals surface area (Å²) in [5.74, 6) is 0.128. The molecule has 0 spiro atoms. The summed E-state index contributed by atoms with van der Waals surface area (Å²) in [6.07, 6.45) is 3.16. The molecule has 0 fully saturated rings. The zero-order valence-electron chi connectivity index (χ0n) is 13.9. The van der Waals surface area contributed by atoms with Crippen molar-refractivity contribution in [3.63, 3.8) is 0 Å². The number of hydrogen-bond donors (Lipinski definition) is 1. The Bertz CT molecular complexity index is 1200. The number of carbonyl (C=O) groups is 1. The highest BCUT2D eigenvalue weighted by molar-refractivity contribution is 5.96. The van der Waals surface area contributed by atoms with Crippen molar-refractivity contribution >= 4 is 28.5 Å². The number of nitrogens with zero attached hydrogens (tertiary/aromatic N) is 3. The molecule has 4 heterocycles. The van der Waals surface area contributed by atoms with Crippen molar-refractivity contribution in [2.45, 2.75) is 6.54 Å². The minimum Gasteiger partial charge on any atom is -0.466 e. The van der Waals surface area contributed by atoms with Crippen LogP contribution in [0.4, 0.5) is 5.82 Å². The van der Waals surface area contributed by atoms with Crippen molar-refractivity contribution in [3.8, 4) is 0 Å². The van der Waals surface area contributed by atoms with Gasteiger partial charge in [-0.1, -0.05) is 11.1 Å². The molecule has 4 aromatic heterocycles. The summed E-state index contributed by atoms with van der Waals surface area (Å²) in [6.45, 7) is 0.218. The molecule has 0 aromatic carbocycles. The number of methoxy groups -OCH3 is 1. The normalized spacial score (nSPS) is 11.1. The highest BCUT2D eigenvalue weighted by Crippen LogP contribution is 2.16. The van der Waals surface area contributed by atoms with Gasteiger partial charge in [0.2, 0.25) is 11.5 Å². The summed E-state index contributed by atoms with van der Waals surface area (Å²) in [4.78, 5) is 29.6. The van der Waals surface area contributed by atoms with Crippen LogP contribution in [0.2, 0.25) is 0 Å². The standard InChI is InChI=1S/C18H14N4O4/c1-25-18(24)12-9-13-16(20-14-6-2-3-7-21(14)17(13)23)22(15(12)19)10-11-5-4-8-26-11/h2-9,19H,10H2,1H3/p+1. The molecule has 8 heteroatoms. The van der Waals surface area contributed by atoms with Gasteiger partial charge in [-0.05, 0) is 30.3 Å². The fourth-order valence-corrected chi connectivity index (χ4v) is 2.89. The Kier molecular flexibility index (Phi) is 3.65. The van der Waals surface area contributed by atoms with Crippen molar-refractivity contribution in [2.75, 3.05) is 12.8 Å². The van der Waals surface area contributed by atoms with Gasteiger partial charge in [-0.25, -0.2) is 9.36 Å². The quantitative estimate of drug-likeness (QED) is 0.337. The van der Waals surface area contributed by atoms with Crippen molar-refractivity contribution in [1.82, 2.24) is 9.38 Å². The topological polar surface area (TPSA) is 104 Å². The Labute approximate surface area is 147 Å². The molecular weight excluding hydrogens is 336 g/mol. The largest absolute Gasteiger partial charge is 0.466 e. The maximum atomic E-state index is 12.9. The van der Waals surface area contributed by atoms with E-state index in [0.717, 1.165) is 0 Å². The number of carbonyl (C=O) groups excluding carboxylic acids is 1. The van der Waals surface area contributed by atoms with E-state index in [0.29, 0.717) is 17.1 Å². The highest BCUT2D eigenvalue weighted by Gasteiger charge is 2.25. The molecule has 0 bridgehead atoms. The molecule has 0 saturated carbocycles. The van der Waals surface area contributed by atoms with E-state index < -0.39 is 5.97 Å². The minimum atomic E-state index is -0.629. The molecule has 2 N–H and O–H groups in total. The maximum absolute atomic E-state index is 12.9. The van der Waals surface area contributed by atoms with Crippen LogP contribution in [0.25, 0.3) is 16.7 Å². The van der Waals surface area contributed by atoms with Crippen LogP contribution in [-0.4, -0.2) is 22.5 Å². The lowest BCUT2D eigenvalue weighted by Gasteiger charge is -2.10. The van der Waals surface area contributed by atoms with Crippen molar-refractivity contribution in [3.05, 3.63) is 70.5 Å². The SMILES string of the molecule is COC(=O)c1cc2c(=O)n3ccccc3nc2[n+](Cc2ccco2)c1N. The lowest BCUT2D eigenvalue weighted by molar-refractivity contribution is -0.651. The number of esters is 1. The highest BCUT2D eigenvalue weighted by atomic mass is 16.5. The second kappa shape index (κ2) is 5.99. The Morgan fingerprint density at radius 2 is 2.19 bits per heavy atom. The van der Waals surface area contributed by atoms with Gasteiger partial charge in [0.25, 0.3) is 11.2 Å². The van der Waals surface area contributed by atoms with Gasteiger partial charge in [-0.3, -0.25) is 9.20 Å². The number of fused-ring (bicyclic) bond motifs is 2. The zero-order chi connectivity index (χ0) is 18.3. The molecule has 0 aliphatic carbocycles. The van der Waals surface area contributed by atoms with Crippen molar-refractivity contribution in [2.24, 2.45) is 0 Å². The molecule has 8 nitrogen and oxygen atoms in total.